The third-order valence-electron chi connectivity index (χ3n) is 3.78. The Balaban J connectivity index is 1.55. The number of amides is 1. The summed E-state index contributed by atoms with van der Waals surface area (Å²) in [5, 5.41) is 9.78. The van der Waals surface area contributed by atoms with E-state index in [0.717, 1.165) is 4.96 Å². The summed E-state index contributed by atoms with van der Waals surface area (Å²) < 4.78 is 2.99. The Hall–Kier alpha value is -3.20. The molecule has 2 N–H and O–H groups in total. The van der Waals surface area contributed by atoms with Crippen molar-refractivity contribution in [2.24, 2.45) is 0 Å². The Labute approximate surface area is 145 Å². The molecule has 4 rings (SSSR count). The van der Waals surface area contributed by atoms with E-state index in [9.17, 15) is 9.59 Å². The van der Waals surface area contributed by atoms with E-state index in [2.05, 4.69) is 20.5 Å². The number of carbonyl (C=O) groups is 1. The van der Waals surface area contributed by atoms with Gasteiger partial charge < -0.3 is 5.32 Å². The molecule has 0 radical (unpaired) electrons. The second-order valence-corrected chi connectivity index (χ2v) is 6.32. The number of fused-ring (bicyclic) bond motifs is 1. The Kier molecular flexibility index (Phi) is 3.69. The van der Waals surface area contributed by atoms with Gasteiger partial charge in [0.1, 0.15) is 11.2 Å². The molecule has 1 aromatic carbocycles. The number of benzene rings is 1. The van der Waals surface area contributed by atoms with Gasteiger partial charge in [-0.15, -0.1) is 0 Å². The molecule has 0 spiro atoms. The number of nitrogens with one attached hydrogen (secondary N) is 2. The Morgan fingerprint density at radius 1 is 1.32 bits per heavy atom. The number of imidazole rings is 1. The summed E-state index contributed by atoms with van der Waals surface area (Å²) in [4.78, 5) is 29.7. The van der Waals surface area contributed by atoms with Crippen LogP contribution in [0.3, 0.4) is 0 Å². The zero-order valence-electron chi connectivity index (χ0n) is 13.2. The van der Waals surface area contributed by atoms with Gasteiger partial charge in [-0.3, -0.25) is 14.7 Å². The van der Waals surface area contributed by atoms with Crippen molar-refractivity contribution in [3.05, 3.63) is 69.8 Å². The fourth-order valence-electron chi connectivity index (χ4n) is 2.49. The van der Waals surface area contributed by atoms with Gasteiger partial charge in [0.25, 0.3) is 11.5 Å². The van der Waals surface area contributed by atoms with Crippen LogP contribution in [0, 0.1) is 0 Å². The second-order valence-electron chi connectivity index (χ2n) is 5.51. The fourth-order valence-corrected chi connectivity index (χ4v) is 3.10. The van der Waals surface area contributed by atoms with Gasteiger partial charge in [0, 0.05) is 6.07 Å². The average Bonchev–Trinajstić information content (AvgIpc) is 3.29. The molecule has 0 bridgehead atoms. The van der Waals surface area contributed by atoms with Crippen molar-refractivity contribution < 1.29 is 4.79 Å². The highest BCUT2D eigenvalue weighted by molar-refractivity contribution is 7.14. The van der Waals surface area contributed by atoms with Gasteiger partial charge >= 0.3 is 0 Å². The van der Waals surface area contributed by atoms with Gasteiger partial charge in [-0.2, -0.15) is 5.10 Å². The van der Waals surface area contributed by atoms with Gasteiger partial charge in [0.2, 0.25) is 4.96 Å². The summed E-state index contributed by atoms with van der Waals surface area (Å²) in [6.07, 6.45) is 1.77. The summed E-state index contributed by atoms with van der Waals surface area (Å²) in [6, 6.07) is 10.0. The first kappa shape index (κ1) is 15.3. The van der Waals surface area contributed by atoms with Crippen molar-refractivity contribution in [1.29, 1.82) is 0 Å². The molecule has 25 heavy (non-hydrogen) atoms. The molecular formula is C16H14N6O2S. The molecule has 3 aromatic heterocycles. The van der Waals surface area contributed by atoms with E-state index in [-0.39, 0.29) is 23.2 Å². The summed E-state index contributed by atoms with van der Waals surface area (Å²) in [6.45, 7) is 1.83. The zero-order chi connectivity index (χ0) is 17.4. The second kappa shape index (κ2) is 6.02. The van der Waals surface area contributed by atoms with Gasteiger partial charge in [-0.1, -0.05) is 29.5 Å². The number of nitrogens with zero attached hydrogens (tertiary/aromatic N) is 4. The van der Waals surface area contributed by atoms with Crippen molar-refractivity contribution in [3.63, 3.8) is 0 Å². The number of hydrogen-bond donors (Lipinski definition) is 2. The van der Waals surface area contributed by atoms with Gasteiger partial charge in [-0.05, 0) is 19.1 Å². The van der Waals surface area contributed by atoms with E-state index in [1.807, 2.05) is 25.1 Å². The summed E-state index contributed by atoms with van der Waals surface area (Å²) >= 11 is 1.42. The van der Waals surface area contributed by atoms with E-state index in [4.69, 9.17) is 0 Å². The lowest BCUT2D eigenvalue weighted by molar-refractivity contribution is 0.0933. The minimum atomic E-state index is -0.372. The lowest BCUT2D eigenvalue weighted by Gasteiger charge is -2.10. The molecule has 9 heteroatoms. The topological polar surface area (TPSA) is 97.1 Å². The number of aromatic nitrogens is 5. The van der Waals surface area contributed by atoms with Crippen LogP contribution in [0.2, 0.25) is 0 Å². The van der Waals surface area contributed by atoms with Crippen LogP contribution in [0.5, 0.6) is 0 Å². The van der Waals surface area contributed by atoms with Gasteiger partial charge in [0.15, 0.2) is 0 Å². The summed E-state index contributed by atoms with van der Waals surface area (Å²) in [7, 11) is 0. The van der Waals surface area contributed by atoms with Crippen molar-refractivity contribution in [3.8, 4) is 5.69 Å². The summed E-state index contributed by atoms with van der Waals surface area (Å²) in [5.74, 6) is -0.372. The molecule has 0 saturated carbocycles. The SMILES string of the molecule is C[C@H](NC(=O)c1cc(=O)n(-c2ccccc2)[nH]1)c1cn2ncsc2n1. The van der Waals surface area contributed by atoms with Crippen molar-refractivity contribution >= 4 is 22.2 Å². The van der Waals surface area contributed by atoms with Crippen LogP contribution in [-0.2, 0) is 0 Å². The van der Waals surface area contributed by atoms with Crippen LogP contribution in [0.1, 0.15) is 29.1 Å². The van der Waals surface area contributed by atoms with E-state index in [1.165, 1.54) is 22.1 Å². The molecule has 0 aliphatic heterocycles. The smallest absolute Gasteiger partial charge is 0.271 e. The zero-order valence-corrected chi connectivity index (χ0v) is 14.0. The molecule has 0 fully saturated rings. The highest BCUT2D eigenvalue weighted by atomic mass is 32.1. The minimum absolute atomic E-state index is 0.194. The van der Waals surface area contributed by atoms with Crippen LogP contribution >= 0.6 is 11.3 Å². The molecule has 8 nitrogen and oxygen atoms in total. The fraction of sp³-hybridized carbons (Fsp3) is 0.125. The summed E-state index contributed by atoms with van der Waals surface area (Å²) in [5.41, 5.74) is 2.97. The predicted molar refractivity (Wildman–Crippen MR) is 93.1 cm³/mol. The molecule has 126 valence electrons. The number of aromatic amines is 1. The van der Waals surface area contributed by atoms with Gasteiger partial charge in [0.05, 0.1) is 23.6 Å². The maximum atomic E-state index is 12.4. The van der Waals surface area contributed by atoms with E-state index in [1.54, 1.807) is 28.4 Å². The molecule has 0 aliphatic carbocycles. The van der Waals surface area contributed by atoms with Crippen LogP contribution in [0.15, 0.2) is 52.9 Å². The van der Waals surface area contributed by atoms with Crippen LogP contribution < -0.4 is 10.9 Å². The third-order valence-corrected chi connectivity index (χ3v) is 4.46. The quantitative estimate of drug-likeness (QED) is 0.583. The Bertz CT molecular complexity index is 1060. The lowest BCUT2D eigenvalue weighted by atomic mass is 10.2. The number of hydrogen-bond acceptors (Lipinski definition) is 5. The number of para-hydroxylation sites is 1. The maximum absolute atomic E-state index is 12.4. The standard InChI is InChI=1S/C16H14N6O2S/c1-10(13-8-21-16(19-13)25-9-17-21)18-15(24)12-7-14(23)22(20-12)11-5-3-2-4-6-11/h2-10,20H,1H3,(H,18,24)/t10-/m0/s1. The molecule has 1 atom stereocenters. The Morgan fingerprint density at radius 2 is 2.12 bits per heavy atom. The normalized spacial score (nSPS) is 12.4. The van der Waals surface area contributed by atoms with Crippen molar-refractivity contribution in [2.45, 2.75) is 13.0 Å². The highest BCUT2D eigenvalue weighted by Crippen LogP contribution is 2.15. The monoisotopic (exact) mass is 354 g/mol. The predicted octanol–water partition coefficient (Wildman–Crippen LogP) is 1.76. The highest BCUT2D eigenvalue weighted by Gasteiger charge is 2.17. The molecule has 1 amide bonds. The lowest BCUT2D eigenvalue weighted by Crippen LogP contribution is -2.27. The van der Waals surface area contributed by atoms with E-state index >= 15 is 0 Å². The number of carbonyl (C=O) groups excluding carboxylic acids is 1. The molecule has 3 heterocycles. The largest absolute Gasteiger partial charge is 0.343 e. The van der Waals surface area contributed by atoms with E-state index < -0.39 is 0 Å². The first-order chi connectivity index (χ1) is 12.1. The van der Waals surface area contributed by atoms with Gasteiger partial charge in [-0.25, -0.2) is 14.2 Å². The third kappa shape index (κ3) is 2.85. The molecular weight excluding hydrogens is 340 g/mol. The van der Waals surface area contributed by atoms with Crippen LogP contribution in [0.4, 0.5) is 0 Å². The van der Waals surface area contributed by atoms with Crippen LogP contribution in [-0.4, -0.2) is 30.3 Å². The van der Waals surface area contributed by atoms with Crippen LogP contribution in [0.25, 0.3) is 10.6 Å². The molecule has 4 aromatic rings. The first-order valence-electron chi connectivity index (χ1n) is 7.59. The van der Waals surface area contributed by atoms with Crippen molar-refractivity contribution in [2.75, 3.05) is 0 Å². The molecule has 0 aliphatic rings. The Morgan fingerprint density at radius 3 is 2.88 bits per heavy atom. The number of rotatable bonds is 4. The van der Waals surface area contributed by atoms with Crippen molar-refractivity contribution in [1.82, 2.24) is 29.7 Å². The first-order valence-corrected chi connectivity index (χ1v) is 8.47. The average molecular weight is 354 g/mol. The molecule has 0 unspecified atom stereocenters. The minimum Gasteiger partial charge on any atom is -0.343 e. The van der Waals surface area contributed by atoms with E-state index in [0.29, 0.717) is 11.4 Å². The number of H-pyrrole nitrogens is 1. The maximum Gasteiger partial charge on any atom is 0.271 e. The molecule has 0 saturated heterocycles.